The second-order valence-corrected chi connectivity index (χ2v) is 30.4. The van der Waals surface area contributed by atoms with Gasteiger partial charge in [-0.15, -0.1) is 14.0 Å². The van der Waals surface area contributed by atoms with Gasteiger partial charge in [-0.05, 0) is 133 Å². The summed E-state index contributed by atoms with van der Waals surface area (Å²) in [6.07, 6.45) is 0. The van der Waals surface area contributed by atoms with Crippen LogP contribution in [0, 0.1) is 0 Å². The minimum atomic E-state index is -3.29. The third kappa shape index (κ3) is 8.60. The molecule has 0 bridgehead atoms. The Balaban J connectivity index is 9.69. The largest absolute Gasteiger partial charge is 0.488 e. The predicted octanol–water partition coefficient (Wildman–Crippen LogP) is 4.17. The van der Waals surface area contributed by atoms with Crippen LogP contribution in [0.1, 0.15) is 0 Å². The van der Waals surface area contributed by atoms with Gasteiger partial charge in [0.05, 0.1) is 0 Å². The average molecular weight is 727 g/mol. The SMILES string of the molecule is CNP(=N[P+](N=P(N(C)C)(N(C)C)N(C)C)(N=P(N(C)C)(N(C)C)N(C)C)N[P+](N(C)C)(N(C)C)N(C)C)(N(C)C)N(C)C. The summed E-state index contributed by atoms with van der Waals surface area (Å²) in [5.74, 6) is 0. The molecular weight excluding hydrogens is 655 g/mol. The zero-order valence-electron chi connectivity index (χ0n) is 32.5. The molecule has 0 aliphatic rings. The highest BCUT2D eigenvalue weighted by Gasteiger charge is 2.65. The molecule has 44 heavy (non-hydrogen) atoms. The van der Waals surface area contributed by atoms with Gasteiger partial charge in [-0.2, -0.15) is 0 Å². The normalized spacial score (nSPS) is 14.9. The van der Waals surface area contributed by atoms with Crippen molar-refractivity contribution in [3.05, 3.63) is 0 Å². The van der Waals surface area contributed by atoms with E-state index >= 15 is 0 Å². The van der Waals surface area contributed by atoms with Crippen LogP contribution in [0.5, 0.6) is 0 Å². The minimum Gasteiger partial charge on any atom is -0.260 e. The topological polar surface area (TPSA) is 96.8 Å². The molecule has 0 aliphatic carbocycles. The zero-order valence-corrected chi connectivity index (χ0v) is 37.0. The van der Waals surface area contributed by atoms with Gasteiger partial charge >= 0.3 is 15.7 Å². The average Bonchev–Trinajstić information content (AvgIpc) is 2.85. The fraction of sp³-hybridized carbons (Fsp3) is 1.00. The Morgan fingerprint density at radius 2 is 0.636 bits per heavy atom. The van der Waals surface area contributed by atoms with Crippen molar-refractivity contribution in [2.45, 2.75) is 0 Å². The quantitative estimate of drug-likeness (QED) is 0.210. The monoisotopic (exact) mass is 726 g/mol. The summed E-state index contributed by atoms with van der Waals surface area (Å²) in [6, 6.07) is 0. The standard InChI is InChI=1S/C23H71N16P5/c1-24-41(29(2)3,30(4)5)25-40(26-42(31(6)7,32(8)9)33(10)11,27-43(34(12)13,35(14)15)36(16)17)28-44(37(18)19,38(20)21)39(22)23/h24,26H,1-23H3/q+2. The molecule has 0 radical (unpaired) electrons. The van der Waals surface area contributed by atoms with E-state index in [1.54, 1.807) is 0 Å². The number of rotatable bonds is 17. The Labute approximate surface area is 274 Å². The van der Waals surface area contributed by atoms with Gasteiger partial charge in [-0.1, -0.05) is 0 Å². The molecule has 0 fully saturated rings. The lowest BCUT2D eigenvalue weighted by Gasteiger charge is -2.44. The Morgan fingerprint density at radius 1 is 0.386 bits per heavy atom. The first-order valence-electron chi connectivity index (χ1n) is 14.4. The third-order valence-electron chi connectivity index (χ3n) is 7.32. The lowest BCUT2D eigenvalue weighted by Crippen LogP contribution is -2.44. The van der Waals surface area contributed by atoms with Crippen molar-refractivity contribution < 1.29 is 0 Å². The van der Waals surface area contributed by atoms with Crippen molar-refractivity contribution >= 4 is 38.3 Å². The first-order valence-corrected chi connectivity index (χ1v) is 22.6. The number of hydrogen-bond acceptors (Lipinski definition) is 7. The first kappa shape index (κ1) is 45.0. The fourth-order valence-electron chi connectivity index (χ4n) is 5.73. The molecule has 0 aliphatic heterocycles. The molecule has 16 nitrogen and oxygen atoms in total. The second-order valence-electron chi connectivity index (χ2n) is 12.7. The van der Waals surface area contributed by atoms with Gasteiger partial charge in [0.15, 0.2) is 0 Å². The Bertz CT molecular complexity index is 934. The minimum absolute atomic E-state index is 2.00. The van der Waals surface area contributed by atoms with Crippen molar-refractivity contribution in [1.82, 2.24) is 61.3 Å². The van der Waals surface area contributed by atoms with Gasteiger partial charge in [-0.25, -0.2) is 37.4 Å². The molecule has 2 N–H and O–H groups in total. The maximum absolute atomic E-state index is 6.08. The summed E-state index contributed by atoms with van der Waals surface area (Å²) in [6.45, 7) is 0. The molecule has 0 saturated carbocycles. The maximum atomic E-state index is 6.08. The van der Waals surface area contributed by atoms with Gasteiger partial charge in [0.1, 0.15) is 0 Å². The molecule has 0 aromatic carbocycles. The van der Waals surface area contributed by atoms with Gasteiger partial charge in [0.2, 0.25) is 22.5 Å². The second kappa shape index (κ2) is 17.1. The highest BCUT2D eigenvalue weighted by atomic mass is 31.3. The summed E-state index contributed by atoms with van der Waals surface area (Å²) >= 11 is 0. The first-order chi connectivity index (χ1) is 19.8. The predicted molar refractivity (Wildman–Crippen MR) is 205 cm³/mol. The molecule has 0 saturated heterocycles. The van der Waals surface area contributed by atoms with Gasteiger partial charge < -0.3 is 0 Å². The summed E-state index contributed by atoms with van der Waals surface area (Å²) in [5, 5.41) is 3.67. The van der Waals surface area contributed by atoms with E-state index < -0.39 is 38.3 Å². The Hall–Kier alpha value is 1.03. The van der Waals surface area contributed by atoms with Crippen LogP contribution >= 0.6 is 38.3 Å². The molecule has 0 heterocycles. The molecule has 266 valence electrons. The molecule has 0 aromatic heterocycles. The molecule has 0 atom stereocenters. The van der Waals surface area contributed by atoms with Crippen molar-refractivity contribution in [2.24, 2.45) is 13.5 Å². The van der Waals surface area contributed by atoms with E-state index in [2.05, 4.69) is 216 Å². The third-order valence-corrected chi connectivity index (χ3v) is 28.0. The number of hydrogen-bond donors (Lipinski definition) is 2. The number of nitrogens with one attached hydrogen (secondary N) is 2. The summed E-state index contributed by atoms with van der Waals surface area (Å²) in [4.78, 5) is 4.25. The van der Waals surface area contributed by atoms with Crippen molar-refractivity contribution in [2.75, 3.05) is 162 Å². The molecule has 21 heteroatoms. The van der Waals surface area contributed by atoms with E-state index in [0.29, 0.717) is 0 Å². The van der Waals surface area contributed by atoms with E-state index in [1.165, 1.54) is 0 Å². The lowest BCUT2D eigenvalue weighted by molar-refractivity contribution is 0.453. The van der Waals surface area contributed by atoms with Gasteiger partial charge in [-0.3, -0.25) is 5.09 Å². The van der Waals surface area contributed by atoms with Crippen LogP contribution < -0.4 is 9.95 Å². The summed E-state index contributed by atoms with van der Waals surface area (Å²) < 4.78 is 43.0. The highest BCUT2D eigenvalue weighted by molar-refractivity contribution is 7.91. The van der Waals surface area contributed by atoms with Crippen LogP contribution in [-0.2, 0) is 0 Å². The number of nitrogens with zero attached hydrogens (tertiary/aromatic N) is 14. The van der Waals surface area contributed by atoms with Crippen LogP contribution in [0.3, 0.4) is 0 Å². The molecule has 0 amide bonds. The summed E-state index contributed by atoms with van der Waals surface area (Å²) in [5.41, 5.74) is 0. The van der Waals surface area contributed by atoms with E-state index in [4.69, 9.17) is 13.5 Å². The Morgan fingerprint density at radius 3 is 0.795 bits per heavy atom. The van der Waals surface area contributed by atoms with E-state index in [-0.39, 0.29) is 0 Å². The highest BCUT2D eigenvalue weighted by Crippen LogP contribution is 2.84. The smallest absolute Gasteiger partial charge is 0.260 e. The van der Waals surface area contributed by atoms with E-state index in [1.807, 2.05) is 7.05 Å². The van der Waals surface area contributed by atoms with Crippen LogP contribution in [0.15, 0.2) is 13.5 Å². The molecule has 0 rings (SSSR count). The van der Waals surface area contributed by atoms with Crippen molar-refractivity contribution in [1.29, 1.82) is 0 Å². The fourth-order valence-corrected chi connectivity index (χ4v) is 29.8. The van der Waals surface area contributed by atoms with Crippen LogP contribution in [0.25, 0.3) is 0 Å². The molecular formula is C23H71N16P5+2. The van der Waals surface area contributed by atoms with E-state index in [9.17, 15) is 0 Å². The molecule has 0 unspecified atom stereocenters. The van der Waals surface area contributed by atoms with Gasteiger partial charge in [0, 0.05) is 47.1 Å². The zero-order chi connectivity index (χ0) is 35.4. The molecule has 0 spiro atoms. The molecule has 0 aromatic rings. The lowest BCUT2D eigenvalue weighted by atomic mass is 11.2. The van der Waals surface area contributed by atoms with Crippen LogP contribution in [-0.4, -0.2) is 213 Å². The van der Waals surface area contributed by atoms with E-state index in [0.717, 1.165) is 0 Å². The maximum Gasteiger partial charge on any atom is 0.488 e. The van der Waals surface area contributed by atoms with Gasteiger partial charge in [0.25, 0.3) is 0 Å². The Kier molecular flexibility index (Phi) is 17.5. The summed E-state index contributed by atoms with van der Waals surface area (Å²) in [7, 11) is 35.1. The van der Waals surface area contributed by atoms with Crippen molar-refractivity contribution in [3.63, 3.8) is 0 Å². The van der Waals surface area contributed by atoms with Crippen LogP contribution in [0.2, 0.25) is 0 Å². The van der Waals surface area contributed by atoms with Crippen molar-refractivity contribution in [3.8, 4) is 0 Å². The van der Waals surface area contributed by atoms with Crippen LogP contribution in [0.4, 0.5) is 0 Å².